The molecule has 0 aromatic carbocycles. The van der Waals surface area contributed by atoms with E-state index in [1.807, 2.05) is 17.7 Å². The van der Waals surface area contributed by atoms with E-state index in [1.54, 1.807) is 6.20 Å². The van der Waals surface area contributed by atoms with E-state index in [4.69, 9.17) is 5.73 Å². The Morgan fingerprint density at radius 3 is 3.08 bits per heavy atom. The molecular formula is C8H9BrN4. The summed E-state index contributed by atoms with van der Waals surface area (Å²) < 4.78 is 2.65. The van der Waals surface area contributed by atoms with E-state index >= 15 is 0 Å². The number of hydrogen-bond acceptors (Lipinski definition) is 3. The van der Waals surface area contributed by atoms with Crippen LogP contribution in [0.3, 0.4) is 0 Å². The molecule has 0 bridgehead atoms. The molecule has 0 spiro atoms. The van der Waals surface area contributed by atoms with Gasteiger partial charge in [-0.15, -0.1) is 0 Å². The molecule has 2 rings (SSSR count). The molecule has 0 atom stereocenters. The fourth-order valence-electron chi connectivity index (χ4n) is 1.34. The summed E-state index contributed by atoms with van der Waals surface area (Å²) in [4.78, 5) is 4.01. The Balaban J connectivity index is 2.87. The largest absolute Gasteiger partial charge is 0.383 e. The Kier molecular flexibility index (Phi) is 1.95. The summed E-state index contributed by atoms with van der Waals surface area (Å²) in [5, 5.41) is 5.18. The van der Waals surface area contributed by atoms with Crippen molar-refractivity contribution in [3.05, 3.63) is 16.9 Å². The van der Waals surface area contributed by atoms with E-state index in [0.29, 0.717) is 5.82 Å². The van der Waals surface area contributed by atoms with Gasteiger partial charge in [0.1, 0.15) is 10.4 Å². The smallest absolute Gasteiger partial charge is 0.139 e. The van der Waals surface area contributed by atoms with Crippen LogP contribution in [0.4, 0.5) is 5.82 Å². The molecule has 2 aromatic rings. The van der Waals surface area contributed by atoms with Gasteiger partial charge in [-0.25, -0.2) is 4.98 Å². The van der Waals surface area contributed by atoms with E-state index in [-0.39, 0.29) is 0 Å². The number of hydrogen-bond donors (Lipinski definition) is 1. The second-order valence-corrected chi connectivity index (χ2v) is 3.45. The molecule has 0 fully saturated rings. The van der Waals surface area contributed by atoms with E-state index in [2.05, 4.69) is 26.0 Å². The van der Waals surface area contributed by atoms with Gasteiger partial charge in [-0.1, -0.05) is 0 Å². The van der Waals surface area contributed by atoms with Gasteiger partial charge in [0.05, 0.1) is 10.9 Å². The number of fused-ring (bicyclic) bond motifs is 1. The molecule has 0 saturated carbocycles. The lowest BCUT2D eigenvalue weighted by molar-refractivity contribution is 0.678. The first-order valence-electron chi connectivity index (χ1n) is 4.00. The maximum absolute atomic E-state index is 5.73. The average molecular weight is 241 g/mol. The number of aromatic nitrogens is 3. The minimum absolute atomic E-state index is 0.518. The Hall–Kier alpha value is -1.10. The molecule has 2 heterocycles. The van der Waals surface area contributed by atoms with Crippen molar-refractivity contribution in [1.82, 2.24) is 14.8 Å². The topological polar surface area (TPSA) is 56.7 Å². The van der Waals surface area contributed by atoms with Crippen LogP contribution >= 0.6 is 15.9 Å². The summed E-state index contributed by atoms with van der Waals surface area (Å²) in [6.45, 7) is 2.86. The Labute approximate surface area is 83.9 Å². The zero-order valence-electron chi connectivity index (χ0n) is 7.16. The molecule has 0 aliphatic heterocycles. The zero-order valence-corrected chi connectivity index (χ0v) is 8.74. The van der Waals surface area contributed by atoms with Crippen molar-refractivity contribution in [1.29, 1.82) is 0 Å². The molecule has 4 nitrogen and oxygen atoms in total. The van der Waals surface area contributed by atoms with Crippen LogP contribution in [0.2, 0.25) is 0 Å². The van der Waals surface area contributed by atoms with Gasteiger partial charge in [-0.05, 0) is 28.9 Å². The first-order chi connectivity index (χ1) is 6.24. The van der Waals surface area contributed by atoms with Crippen LogP contribution in [-0.2, 0) is 6.54 Å². The van der Waals surface area contributed by atoms with Crippen molar-refractivity contribution >= 4 is 32.7 Å². The Morgan fingerprint density at radius 1 is 1.62 bits per heavy atom. The van der Waals surface area contributed by atoms with Crippen molar-refractivity contribution < 1.29 is 0 Å². The molecule has 68 valence electrons. The SMILES string of the molecule is CCn1nc(Br)c2c(N)nccc21. The Morgan fingerprint density at radius 2 is 2.38 bits per heavy atom. The third-order valence-corrected chi connectivity index (χ3v) is 2.51. The standard InChI is InChI=1S/C8H9BrN4/c1-2-13-5-3-4-11-8(10)6(5)7(9)12-13/h3-4H,2H2,1H3,(H2,10,11). The molecule has 0 unspecified atom stereocenters. The summed E-state index contributed by atoms with van der Waals surface area (Å²) in [7, 11) is 0. The van der Waals surface area contributed by atoms with Crippen LogP contribution in [0, 0.1) is 0 Å². The number of pyridine rings is 1. The number of nitrogens with zero attached hydrogens (tertiary/aromatic N) is 3. The fraction of sp³-hybridized carbons (Fsp3) is 0.250. The molecule has 0 amide bonds. The molecule has 0 aliphatic carbocycles. The second kappa shape index (κ2) is 2.99. The maximum Gasteiger partial charge on any atom is 0.139 e. The predicted molar refractivity (Wildman–Crippen MR) is 55.3 cm³/mol. The highest BCUT2D eigenvalue weighted by molar-refractivity contribution is 9.10. The minimum atomic E-state index is 0.518. The Bertz CT molecular complexity index is 449. The molecule has 2 N–H and O–H groups in total. The monoisotopic (exact) mass is 240 g/mol. The lowest BCUT2D eigenvalue weighted by atomic mass is 10.3. The van der Waals surface area contributed by atoms with Crippen LogP contribution in [0.1, 0.15) is 6.92 Å². The van der Waals surface area contributed by atoms with Crippen LogP contribution in [0.15, 0.2) is 16.9 Å². The number of nitrogen functional groups attached to an aromatic ring is 1. The van der Waals surface area contributed by atoms with E-state index in [9.17, 15) is 0 Å². The van der Waals surface area contributed by atoms with Crippen LogP contribution in [0.5, 0.6) is 0 Å². The third-order valence-electron chi connectivity index (χ3n) is 1.95. The third kappa shape index (κ3) is 1.19. The highest BCUT2D eigenvalue weighted by Crippen LogP contribution is 2.26. The van der Waals surface area contributed by atoms with Gasteiger partial charge in [0.15, 0.2) is 0 Å². The summed E-state index contributed by atoms with van der Waals surface area (Å²) >= 11 is 3.36. The lowest BCUT2D eigenvalue weighted by Gasteiger charge is -1.97. The number of anilines is 1. The van der Waals surface area contributed by atoms with Gasteiger partial charge in [0, 0.05) is 12.7 Å². The highest BCUT2D eigenvalue weighted by atomic mass is 79.9. The normalized spacial score (nSPS) is 10.9. The number of halogens is 1. The van der Waals surface area contributed by atoms with Gasteiger partial charge in [-0.2, -0.15) is 5.10 Å². The molecule has 2 aromatic heterocycles. The van der Waals surface area contributed by atoms with Crippen LogP contribution in [-0.4, -0.2) is 14.8 Å². The first-order valence-corrected chi connectivity index (χ1v) is 4.80. The first kappa shape index (κ1) is 8.50. The fourth-order valence-corrected chi connectivity index (χ4v) is 1.94. The summed E-state index contributed by atoms with van der Waals surface area (Å²) in [6, 6.07) is 1.91. The van der Waals surface area contributed by atoms with Crippen molar-refractivity contribution in [3.63, 3.8) is 0 Å². The van der Waals surface area contributed by atoms with Gasteiger partial charge in [-0.3, -0.25) is 4.68 Å². The molecule has 0 radical (unpaired) electrons. The van der Waals surface area contributed by atoms with Crippen LogP contribution in [0.25, 0.3) is 10.9 Å². The average Bonchev–Trinajstić information content (AvgIpc) is 2.44. The maximum atomic E-state index is 5.73. The summed E-state index contributed by atoms with van der Waals surface area (Å²) in [5.74, 6) is 0.518. The molecule has 0 saturated heterocycles. The molecule has 0 aliphatic rings. The molecule has 5 heteroatoms. The minimum Gasteiger partial charge on any atom is -0.383 e. The number of aryl methyl sites for hydroxylation is 1. The summed E-state index contributed by atoms with van der Waals surface area (Å²) in [5.41, 5.74) is 6.75. The predicted octanol–water partition coefficient (Wildman–Crippen LogP) is 1.80. The van der Waals surface area contributed by atoms with E-state index in [1.165, 1.54) is 0 Å². The van der Waals surface area contributed by atoms with E-state index < -0.39 is 0 Å². The zero-order chi connectivity index (χ0) is 9.42. The number of nitrogens with two attached hydrogens (primary N) is 1. The lowest BCUT2D eigenvalue weighted by Crippen LogP contribution is -1.96. The molecular weight excluding hydrogens is 232 g/mol. The van der Waals surface area contributed by atoms with E-state index in [0.717, 1.165) is 22.1 Å². The number of rotatable bonds is 1. The van der Waals surface area contributed by atoms with Crippen LogP contribution < -0.4 is 5.73 Å². The van der Waals surface area contributed by atoms with Crippen molar-refractivity contribution in [2.75, 3.05) is 5.73 Å². The van der Waals surface area contributed by atoms with Crippen molar-refractivity contribution in [2.45, 2.75) is 13.5 Å². The quantitative estimate of drug-likeness (QED) is 0.828. The van der Waals surface area contributed by atoms with Crippen molar-refractivity contribution in [2.24, 2.45) is 0 Å². The second-order valence-electron chi connectivity index (χ2n) is 2.70. The molecule has 13 heavy (non-hydrogen) atoms. The summed E-state index contributed by atoms with van der Waals surface area (Å²) in [6.07, 6.45) is 1.69. The van der Waals surface area contributed by atoms with Gasteiger partial charge in [0.2, 0.25) is 0 Å². The highest BCUT2D eigenvalue weighted by Gasteiger charge is 2.09. The van der Waals surface area contributed by atoms with Gasteiger partial charge < -0.3 is 5.73 Å². The van der Waals surface area contributed by atoms with Gasteiger partial charge >= 0.3 is 0 Å². The van der Waals surface area contributed by atoms with Gasteiger partial charge in [0.25, 0.3) is 0 Å². The van der Waals surface area contributed by atoms with Crippen molar-refractivity contribution in [3.8, 4) is 0 Å².